The molecule has 0 saturated heterocycles. The first-order chi connectivity index (χ1) is 15.9. The van der Waals surface area contributed by atoms with Crippen LogP contribution in [-0.4, -0.2) is 23.7 Å². The van der Waals surface area contributed by atoms with E-state index in [1.807, 2.05) is 31.2 Å². The summed E-state index contributed by atoms with van der Waals surface area (Å²) in [6, 6.07) is 16.3. The van der Waals surface area contributed by atoms with Gasteiger partial charge in [-0.3, -0.25) is 14.9 Å². The number of nitro benzene ring substituents is 1. The van der Waals surface area contributed by atoms with Crippen molar-refractivity contribution in [2.24, 2.45) is 5.10 Å². The second kappa shape index (κ2) is 11.6. The standard InChI is InChI=1S/C23H19ClIN3O5/c1-2-32-21-12-15(11-20(25)22(21)33-14-17-5-3-4-6-19(17)24)13-26-27-23(29)16-7-9-18(10-8-16)28(30)31/h3-13H,2,14H2,1H3,(H,27,29). The minimum absolute atomic E-state index is 0.0927. The molecular formula is C23H19ClIN3O5. The Morgan fingerprint density at radius 2 is 1.91 bits per heavy atom. The van der Waals surface area contributed by atoms with E-state index in [9.17, 15) is 14.9 Å². The van der Waals surface area contributed by atoms with Gasteiger partial charge >= 0.3 is 0 Å². The molecule has 1 N–H and O–H groups in total. The van der Waals surface area contributed by atoms with Gasteiger partial charge in [-0.05, 0) is 65.4 Å². The van der Waals surface area contributed by atoms with E-state index in [0.717, 1.165) is 9.13 Å². The number of hydrazone groups is 1. The van der Waals surface area contributed by atoms with Gasteiger partial charge in [-0.15, -0.1) is 0 Å². The number of hydrogen-bond donors (Lipinski definition) is 1. The molecular weight excluding hydrogens is 561 g/mol. The number of halogens is 2. The van der Waals surface area contributed by atoms with Crippen molar-refractivity contribution < 1.29 is 19.2 Å². The van der Waals surface area contributed by atoms with Crippen molar-refractivity contribution in [2.45, 2.75) is 13.5 Å². The topological polar surface area (TPSA) is 103 Å². The van der Waals surface area contributed by atoms with Crippen LogP contribution in [0.15, 0.2) is 65.8 Å². The Bertz CT molecular complexity index is 1190. The lowest BCUT2D eigenvalue weighted by Gasteiger charge is -2.15. The maximum Gasteiger partial charge on any atom is 0.271 e. The van der Waals surface area contributed by atoms with Crippen LogP contribution in [0.2, 0.25) is 5.02 Å². The summed E-state index contributed by atoms with van der Waals surface area (Å²) in [7, 11) is 0. The van der Waals surface area contributed by atoms with Crippen molar-refractivity contribution in [3.05, 3.63) is 96.1 Å². The molecule has 0 aliphatic rings. The van der Waals surface area contributed by atoms with E-state index < -0.39 is 10.8 Å². The number of nitro groups is 1. The van der Waals surface area contributed by atoms with Crippen LogP contribution in [0, 0.1) is 13.7 Å². The molecule has 0 fully saturated rings. The Labute approximate surface area is 208 Å². The number of nitrogens with one attached hydrogen (secondary N) is 1. The largest absolute Gasteiger partial charge is 0.490 e. The number of ether oxygens (including phenoxy) is 2. The van der Waals surface area contributed by atoms with Crippen molar-refractivity contribution in [2.75, 3.05) is 6.61 Å². The van der Waals surface area contributed by atoms with Gasteiger partial charge in [0.1, 0.15) is 6.61 Å². The van der Waals surface area contributed by atoms with Gasteiger partial charge in [-0.25, -0.2) is 5.43 Å². The molecule has 0 unspecified atom stereocenters. The molecule has 0 aliphatic carbocycles. The highest BCUT2D eigenvalue weighted by Crippen LogP contribution is 2.35. The van der Waals surface area contributed by atoms with E-state index in [1.54, 1.807) is 12.1 Å². The van der Waals surface area contributed by atoms with E-state index in [1.165, 1.54) is 30.5 Å². The van der Waals surface area contributed by atoms with E-state index >= 15 is 0 Å². The molecule has 0 spiro atoms. The maximum atomic E-state index is 12.2. The van der Waals surface area contributed by atoms with Gasteiger partial charge in [0.2, 0.25) is 0 Å². The molecule has 33 heavy (non-hydrogen) atoms. The summed E-state index contributed by atoms with van der Waals surface area (Å²) in [5.41, 5.74) is 4.12. The second-order valence-corrected chi connectivity index (χ2v) is 8.22. The highest BCUT2D eigenvalue weighted by molar-refractivity contribution is 14.1. The average molecular weight is 580 g/mol. The molecule has 0 bridgehead atoms. The third-order valence-corrected chi connectivity index (χ3v) is 5.55. The summed E-state index contributed by atoms with van der Waals surface area (Å²) in [5, 5.41) is 15.3. The van der Waals surface area contributed by atoms with Crippen LogP contribution in [0.5, 0.6) is 11.5 Å². The lowest BCUT2D eigenvalue weighted by Crippen LogP contribution is -2.17. The Morgan fingerprint density at radius 3 is 2.58 bits per heavy atom. The van der Waals surface area contributed by atoms with Crippen LogP contribution in [0.1, 0.15) is 28.4 Å². The average Bonchev–Trinajstić information content (AvgIpc) is 2.80. The van der Waals surface area contributed by atoms with E-state index in [2.05, 4.69) is 33.1 Å². The highest BCUT2D eigenvalue weighted by Gasteiger charge is 2.13. The number of rotatable bonds is 9. The van der Waals surface area contributed by atoms with Gasteiger partial charge in [0, 0.05) is 28.3 Å². The fourth-order valence-electron chi connectivity index (χ4n) is 2.80. The SMILES string of the molecule is CCOc1cc(C=NNC(=O)c2ccc([N+](=O)[O-])cc2)cc(I)c1OCc1ccccc1Cl. The Morgan fingerprint density at radius 1 is 1.18 bits per heavy atom. The lowest BCUT2D eigenvalue weighted by atomic mass is 10.2. The van der Waals surface area contributed by atoms with Crippen molar-refractivity contribution in [1.82, 2.24) is 5.43 Å². The van der Waals surface area contributed by atoms with Crippen LogP contribution >= 0.6 is 34.2 Å². The summed E-state index contributed by atoms with van der Waals surface area (Å²) in [6.45, 7) is 2.60. The highest BCUT2D eigenvalue weighted by atomic mass is 127. The first-order valence-electron chi connectivity index (χ1n) is 9.79. The lowest BCUT2D eigenvalue weighted by molar-refractivity contribution is -0.384. The molecule has 0 atom stereocenters. The van der Waals surface area contributed by atoms with E-state index in [-0.39, 0.29) is 17.9 Å². The summed E-state index contributed by atoms with van der Waals surface area (Å²) in [6.07, 6.45) is 1.48. The van der Waals surface area contributed by atoms with E-state index in [0.29, 0.717) is 28.7 Å². The summed E-state index contributed by atoms with van der Waals surface area (Å²) in [4.78, 5) is 22.4. The van der Waals surface area contributed by atoms with Gasteiger partial charge in [0.05, 0.1) is 21.3 Å². The van der Waals surface area contributed by atoms with Crippen LogP contribution in [-0.2, 0) is 6.61 Å². The molecule has 1 amide bonds. The van der Waals surface area contributed by atoms with Crippen LogP contribution in [0.25, 0.3) is 0 Å². The summed E-state index contributed by atoms with van der Waals surface area (Å²) >= 11 is 8.35. The zero-order valence-electron chi connectivity index (χ0n) is 17.5. The molecule has 0 radical (unpaired) electrons. The predicted octanol–water partition coefficient (Wildman–Crippen LogP) is 5.59. The van der Waals surface area contributed by atoms with Gasteiger partial charge in [-0.2, -0.15) is 5.10 Å². The van der Waals surface area contributed by atoms with E-state index in [4.69, 9.17) is 21.1 Å². The number of carbonyl (C=O) groups excluding carboxylic acids is 1. The number of hydrogen-bond acceptors (Lipinski definition) is 6. The molecule has 10 heteroatoms. The molecule has 3 rings (SSSR count). The van der Waals surface area contributed by atoms with Gasteiger partial charge in [-0.1, -0.05) is 29.8 Å². The maximum absolute atomic E-state index is 12.2. The summed E-state index contributed by atoms with van der Waals surface area (Å²) < 4.78 is 12.5. The first kappa shape index (κ1) is 24.5. The van der Waals surface area contributed by atoms with Gasteiger partial charge in [0.25, 0.3) is 11.6 Å². The number of nitrogens with zero attached hydrogens (tertiary/aromatic N) is 2. The van der Waals surface area contributed by atoms with Crippen molar-refractivity contribution >= 4 is 52.0 Å². The van der Waals surface area contributed by atoms with Crippen molar-refractivity contribution in [3.63, 3.8) is 0 Å². The normalized spacial score (nSPS) is 10.8. The smallest absolute Gasteiger partial charge is 0.271 e. The monoisotopic (exact) mass is 579 g/mol. The molecule has 170 valence electrons. The molecule has 0 heterocycles. The molecule has 0 aliphatic heterocycles. The van der Waals surface area contributed by atoms with Crippen LogP contribution in [0.3, 0.4) is 0 Å². The number of benzene rings is 3. The fourth-order valence-corrected chi connectivity index (χ4v) is 3.77. The Kier molecular flexibility index (Phi) is 8.61. The Hall–Kier alpha value is -3.18. The number of non-ortho nitro benzene ring substituents is 1. The van der Waals surface area contributed by atoms with Crippen LogP contribution in [0.4, 0.5) is 5.69 Å². The Balaban J connectivity index is 1.71. The van der Waals surface area contributed by atoms with Gasteiger partial charge in [0.15, 0.2) is 11.5 Å². The first-order valence-corrected chi connectivity index (χ1v) is 11.2. The van der Waals surface area contributed by atoms with Crippen LogP contribution < -0.4 is 14.9 Å². The third kappa shape index (κ3) is 6.65. The number of amides is 1. The third-order valence-electron chi connectivity index (χ3n) is 4.38. The zero-order chi connectivity index (χ0) is 23.8. The minimum Gasteiger partial charge on any atom is -0.490 e. The molecule has 3 aromatic carbocycles. The zero-order valence-corrected chi connectivity index (χ0v) is 20.4. The molecule has 0 saturated carbocycles. The van der Waals surface area contributed by atoms with Gasteiger partial charge < -0.3 is 9.47 Å². The quantitative estimate of drug-likeness (QED) is 0.154. The fraction of sp³-hybridized carbons (Fsp3) is 0.130. The minimum atomic E-state index is -0.529. The molecule has 3 aromatic rings. The summed E-state index contributed by atoms with van der Waals surface area (Å²) in [5.74, 6) is 0.643. The predicted molar refractivity (Wildman–Crippen MR) is 134 cm³/mol. The molecule has 8 nitrogen and oxygen atoms in total. The van der Waals surface area contributed by atoms with Crippen molar-refractivity contribution in [3.8, 4) is 11.5 Å². The molecule has 0 aromatic heterocycles. The number of carbonyl (C=O) groups is 1. The second-order valence-electron chi connectivity index (χ2n) is 6.65. The van der Waals surface area contributed by atoms with Crippen molar-refractivity contribution in [1.29, 1.82) is 0 Å².